The lowest BCUT2D eigenvalue weighted by Gasteiger charge is -2.12. The third kappa shape index (κ3) is 5.56. The molecule has 1 unspecified atom stereocenters. The smallest absolute Gasteiger partial charge is 0.294 e. The van der Waals surface area contributed by atoms with Crippen molar-refractivity contribution in [1.82, 2.24) is 5.32 Å². The lowest BCUT2D eigenvalue weighted by Crippen LogP contribution is -2.31. The van der Waals surface area contributed by atoms with Crippen LogP contribution in [0.25, 0.3) is 0 Å². The molecule has 3 heteroatoms. The number of ether oxygens (including phenoxy) is 1. The molecule has 1 N–H and O–H groups in total. The van der Waals surface area contributed by atoms with Gasteiger partial charge in [-0.15, -0.1) is 0 Å². The molecule has 0 aliphatic heterocycles. The molecule has 3 nitrogen and oxygen atoms in total. The van der Waals surface area contributed by atoms with Crippen molar-refractivity contribution in [2.75, 3.05) is 6.54 Å². The molecule has 10 heavy (non-hydrogen) atoms. The maximum atomic E-state index is 9.80. The van der Waals surface area contributed by atoms with E-state index in [1.54, 1.807) is 6.92 Å². The summed E-state index contributed by atoms with van der Waals surface area (Å²) in [7, 11) is 0. The normalized spacial score (nSPS) is 13.2. The van der Waals surface area contributed by atoms with Crippen molar-refractivity contribution in [1.29, 1.82) is 0 Å². The molecule has 0 rings (SSSR count). The minimum absolute atomic E-state index is 0.167. The van der Waals surface area contributed by atoms with Crippen LogP contribution in [0.15, 0.2) is 0 Å². The molecule has 0 aliphatic carbocycles. The summed E-state index contributed by atoms with van der Waals surface area (Å²) in [5, 5.41) is 3.03. The van der Waals surface area contributed by atoms with Crippen LogP contribution < -0.4 is 5.32 Å². The van der Waals surface area contributed by atoms with Gasteiger partial charge in [-0.2, -0.15) is 0 Å². The Hall–Kier alpha value is -0.570. The topological polar surface area (TPSA) is 38.3 Å². The van der Waals surface area contributed by atoms with Gasteiger partial charge in [0.05, 0.1) is 0 Å². The van der Waals surface area contributed by atoms with Crippen LogP contribution in [0.4, 0.5) is 0 Å². The van der Waals surface area contributed by atoms with Crippen molar-refractivity contribution in [3.63, 3.8) is 0 Å². The van der Waals surface area contributed by atoms with Crippen LogP contribution in [0.5, 0.6) is 0 Å². The molecule has 0 heterocycles. The Kier molecular flexibility index (Phi) is 4.94. The van der Waals surface area contributed by atoms with Gasteiger partial charge in [-0.3, -0.25) is 10.1 Å². The summed E-state index contributed by atoms with van der Waals surface area (Å²) in [4.78, 5) is 9.80. The van der Waals surface area contributed by atoms with Crippen molar-refractivity contribution in [2.24, 2.45) is 5.92 Å². The zero-order valence-corrected chi connectivity index (χ0v) is 6.76. The second-order valence-electron chi connectivity index (χ2n) is 2.68. The van der Waals surface area contributed by atoms with Crippen LogP contribution in [-0.4, -0.2) is 19.2 Å². The Balaban J connectivity index is 3.20. The van der Waals surface area contributed by atoms with Gasteiger partial charge in [-0.05, 0) is 12.8 Å². The van der Waals surface area contributed by atoms with E-state index in [2.05, 4.69) is 23.9 Å². The molecule has 0 spiro atoms. The Bertz CT molecular complexity index is 93.6. The van der Waals surface area contributed by atoms with E-state index in [9.17, 15) is 4.79 Å². The van der Waals surface area contributed by atoms with Crippen molar-refractivity contribution >= 4 is 6.47 Å². The van der Waals surface area contributed by atoms with E-state index in [-0.39, 0.29) is 6.23 Å². The highest BCUT2D eigenvalue weighted by molar-refractivity contribution is 5.37. The van der Waals surface area contributed by atoms with Crippen LogP contribution >= 0.6 is 0 Å². The molecule has 0 radical (unpaired) electrons. The average molecular weight is 145 g/mol. The van der Waals surface area contributed by atoms with Crippen LogP contribution in [-0.2, 0) is 9.53 Å². The minimum Gasteiger partial charge on any atom is -0.449 e. The molecule has 0 aromatic heterocycles. The van der Waals surface area contributed by atoms with Crippen molar-refractivity contribution in [3.8, 4) is 0 Å². The van der Waals surface area contributed by atoms with Gasteiger partial charge < -0.3 is 4.74 Å². The number of nitrogens with one attached hydrogen (secondary N) is 1. The van der Waals surface area contributed by atoms with Gasteiger partial charge in [0.25, 0.3) is 6.47 Å². The summed E-state index contributed by atoms with van der Waals surface area (Å²) in [5.74, 6) is 0.581. The maximum absolute atomic E-state index is 9.80. The fraction of sp³-hybridized carbons (Fsp3) is 0.857. The second-order valence-corrected chi connectivity index (χ2v) is 2.68. The summed E-state index contributed by atoms with van der Waals surface area (Å²) in [6, 6.07) is 0. The van der Waals surface area contributed by atoms with Gasteiger partial charge in [0.15, 0.2) is 0 Å². The molecule has 60 valence electrons. The molecule has 0 aromatic carbocycles. The van der Waals surface area contributed by atoms with Crippen LogP contribution in [0, 0.1) is 5.92 Å². The predicted molar refractivity (Wildman–Crippen MR) is 39.5 cm³/mol. The standard InChI is InChI=1S/C7H15NO2/c1-6(2)4-8-7(3)10-5-9/h5-8H,4H2,1-3H3. The Morgan fingerprint density at radius 1 is 1.50 bits per heavy atom. The number of carbonyl (C=O) groups excluding carboxylic acids is 1. The largest absolute Gasteiger partial charge is 0.449 e. The molecule has 0 amide bonds. The van der Waals surface area contributed by atoms with Crippen molar-refractivity contribution in [3.05, 3.63) is 0 Å². The first-order chi connectivity index (χ1) is 4.66. The second kappa shape index (κ2) is 5.23. The molecule has 0 fully saturated rings. The van der Waals surface area contributed by atoms with Gasteiger partial charge in [0.2, 0.25) is 0 Å². The quantitative estimate of drug-likeness (QED) is 0.458. The molecule has 0 aliphatic rings. The summed E-state index contributed by atoms with van der Waals surface area (Å²) < 4.78 is 4.60. The van der Waals surface area contributed by atoms with Gasteiger partial charge >= 0.3 is 0 Å². The summed E-state index contributed by atoms with van der Waals surface area (Å²) in [5.41, 5.74) is 0. The van der Waals surface area contributed by atoms with E-state index >= 15 is 0 Å². The van der Waals surface area contributed by atoms with Crippen molar-refractivity contribution in [2.45, 2.75) is 27.0 Å². The summed E-state index contributed by atoms with van der Waals surface area (Å²) in [6.07, 6.45) is -0.167. The highest BCUT2D eigenvalue weighted by Gasteiger charge is 1.99. The molecule has 0 saturated heterocycles. The van der Waals surface area contributed by atoms with E-state index in [0.717, 1.165) is 6.54 Å². The zero-order chi connectivity index (χ0) is 7.98. The molecule has 1 atom stereocenters. The fourth-order valence-electron chi connectivity index (χ4n) is 0.533. The Morgan fingerprint density at radius 3 is 2.50 bits per heavy atom. The third-order valence-electron chi connectivity index (χ3n) is 1.07. The maximum Gasteiger partial charge on any atom is 0.294 e. The van der Waals surface area contributed by atoms with Gasteiger partial charge in [-0.25, -0.2) is 0 Å². The van der Waals surface area contributed by atoms with Gasteiger partial charge in [0, 0.05) is 6.54 Å². The lowest BCUT2D eigenvalue weighted by atomic mass is 10.2. The number of rotatable bonds is 5. The predicted octanol–water partition coefficient (Wildman–Crippen LogP) is 0.751. The molecular weight excluding hydrogens is 130 g/mol. The molecule has 0 aromatic rings. The first kappa shape index (κ1) is 9.43. The first-order valence-corrected chi connectivity index (χ1v) is 3.49. The van der Waals surface area contributed by atoms with E-state index in [0.29, 0.717) is 12.4 Å². The van der Waals surface area contributed by atoms with Crippen LogP contribution in [0.3, 0.4) is 0 Å². The van der Waals surface area contributed by atoms with Gasteiger partial charge in [0.1, 0.15) is 6.23 Å². The highest BCUT2D eigenvalue weighted by Crippen LogP contribution is 1.89. The molecule has 0 saturated carbocycles. The third-order valence-corrected chi connectivity index (χ3v) is 1.07. The minimum atomic E-state index is -0.167. The fourth-order valence-corrected chi connectivity index (χ4v) is 0.533. The highest BCUT2D eigenvalue weighted by atomic mass is 16.5. The molecule has 0 bridgehead atoms. The lowest BCUT2D eigenvalue weighted by molar-refractivity contribution is -0.134. The SMILES string of the molecule is CC(C)CNC(C)OC=O. The Labute approximate surface area is 61.8 Å². The summed E-state index contributed by atoms with van der Waals surface area (Å²) >= 11 is 0. The number of carbonyl (C=O) groups is 1. The zero-order valence-electron chi connectivity index (χ0n) is 6.76. The van der Waals surface area contributed by atoms with Crippen molar-refractivity contribution < 1.29 is 9.53 Å². The number of hydrogen-bond donors (Lipinski definition) is 1. The van der Waals surface area contributed by atoms with E-state index in [1.807, 2.05) is 0 Å². The van der Waals surface area contributed by atoms with E-state index in [4.69, 9.17) is 0 Å². The first-order valence-electron chi connectivity index (χ1n) is 3.49. The number of hydrogen-bond acceptors (Lipinski definition) is 3. The monoisotopic (exact) mass is 145 g/mol. The van der Waals surface area contributed by atoms with Gasteiger partial charge in [-0.1, -0.05) is 13.8 Å². The van der Waals surface area contributed by atoms with Crippen LogP contribution in [0.2, 0.25) is 0 Å². The van der Waals surface area contributed by atoms with E-state index < -0.39 is 0 Å². The van der Waals surface area contributed by atoms with E-state index in [1.165, 1.54) is 0 Å². The summed E-state index contributed by atoms with van der Waals surface area (Å²) in [6.45, 7) is 7.32. The Morgan fingerprint density at radius 2 is 2.10 bits per heavy atom. The average Bonchev–Trinajstić information content (AvgIpc) is 1.85. The molecular formula is C7H15NO2. The van der Waals surface area contributed by atoms with Crippen LogP contribution in [0.1, 0.15) is 20.8 Å².